The second kappa shape index (κ2) is 2.84. The Labute approximate surface area is 46.5 Å². The van der Waals surface area contributed by atoms with Crippen LogP contribution in [0.4, 0.5) is 0 Å². The van der Waals surface area contributed by atoms with Gasteiger partial charge in [0.25, 0.3) is 0 Å². The fourth-order valence-electron chi connectivity index (χ4n) is 0.182. The zero-order valence-corrected chi connectivity index (χ0v) is 4.27. The molecule has 0 heterocycles. The van der Waals surface area contributed by atoms with Crippen molar-refractivity contribution in [2.45, 2.75) is 0 Å². The maximum absolute atomic E-state index is 9.91. The van der Waals surface area contributed by atoms with Crippen LogP contribution in [0.3, 0.4) is 0 Å². The Morgan fingerprint density at radius 1 is 1.62 bits per heavy atom. The van der Waals surface area contributed by atoms with Gasteiger partial charge in [0.05, 0.1) is 6.54 Å². The molecule has 0 spiro atoms. The lowest BCUT2D eigenvalue weighted by Gasteiger charge is -1.96. The van der Waals surface area contributed by atoms with Gasteiger partial charge in [0, 0.05) is 0 Å². The summed E-state index contributed by atoms with van der Waals surface area (Å²) in [6, 6.07) is 0. The fourth-order valence-corrected chi connectivity index (χ4v) is 0.182. The number of carbonyl (C=O) groups excluding carboxylic acids is 1. The van der Waals surface area contributed by atoms with Gasteiger partial charge in [-0.15, -0.1) is 0 Å². The molecular weight excluding hydrogens is 108 g/mol. The number of rotatable bonds is 2. The summed E-state index contributed by atoms with van der Waals surface area (Å²) in [5.74, 6) is -0.774. The minimum absolute atomic E-state index is 0.0741. The first-order valence-corrected chi connectivity index (χ1v) is 1.99. The molecule has 6 N–H and O–H groups in total. The lowest BCUT2D eigenvalue weighted by Crippen LogP contribution is -2.37. The Morgan fingerprint density at radius 3 is 2.25 bits per heavy atom. The Balaban J connectivity index is 3.18. The van der Waals surface area contributed by atoms with E-state index >= 15 is 0 Å². The summed E-state index contributed by atoms with van der Waals surface area (Å²) in [7, 11) is 0. The molecule has 0 aliphatic carbocycles. The Kier molecular flexibility index (Phi) is 2.39. The quantitative estimate of drug-likeness (QED) is 0.246. The van der Waals surface area contributed by atoms with Crippen molar-refractivity contribution < 1.29 is 4.79 Å². The van der Waals surface area contributed by atoms with Crippen molar-refractivity contribution in [2.24, 2.45) is 11.5 Å². The van der Waals surface area contributed by atoms with E-state index in [1.807, 2.05) is 0 Å². The van der Waals surface area contributed by atoms with Gasteiger partial charge >= 0.3 is 0 Å². The predicted molar refractivity (Wildman–Crippen MR) is 29.1 cm³/mol. The zero-order chi connectivity index (χ0) is 6.57. The smallest absolute Gasteiger partial charge is 0.236 e. The number of nitrogens with one attached hydrogen (secondary N) is 2. The number of hydrogen-bond donors (Lipinski definition) is 4. The lowest BCUT2D eigenvalue weighted by atomic mass is 10.6. The molecule has 0 saturated heterocycles. The topological polar surface area (TPSA) is 105 Å². The Morgan fingerprint density at radius 2 is 2.12 bits per heavy atom. The average Bonchev–Trinajstić information content (AvgIpc) is 1.61. The van der Waals surface area contributed by atoms with Gasteiger partial charge in [0.2, 0.25) is 5.91 Å². The molecule has 0 aromatic rings. The average molecular weight is 116 g/mol. The molecule has 0 aromatic heterocycles. The molecule has 0 unspecified atom stereocenters. The minimum atomic E-state index is -0.528. The van der Waals surface area contributed by atoms with E-state index in [0.29, 0.717) is 0 Å². The maximum atomic E-state index is 9.91. The van der Waals surface area contributed by atoms with Crippen LogP contribution in [0, 0.1) is 5.41 Å². The molecule has 0 atom stereocenters. The number of nitrogens with two attached hydrogens (primary N) is 2. The molecule has 0 fully saturated rings. The summed E-state index contributed by atoms with van der Waals surface area (Å²) < 4.78 is 0. The fraction of sp³-hybridized carbons (Fsp3) is 0.333. The summed E-state index contributed by atoms with van der Waals surface area (Å²) in [5, 5.41) is 8.78. The van der Waals surface area contributed by atoms with Gasteiger partial charge in [-0.25, -0.2) is 0 Å². The molecule has 0 bridgehead atoms. The van der Waals surface area contributed by atoms with Crippen molar-refractivity contribution in [3.8, 4) is 0 Å². The molecule has 0 rings (SSSR count). The zero-order valence-electron chi connectivity index (χ0n) is 4.27. The van der Waals surface area contributed by atoms with Crippen LogP contribution in [0.5, 0.6) is 0 Å². The molecule has 1 amide bonds. The third-order valence-electron chi connectivity index (χ3n) is 0.453. The summed E-state index contributed by atoms with van der Waals surface area (Å²) in [6.45, 7) is -0.0741. The van der Waals surface area contributed by atoms with Crippen molar-refractivity contribution in [3.63, 3.8) is 0 Å². The van der Waals surface area contributed by atoms with E-state index < -0.39 is 5.91 Å². The van der Waals surface area contributed by atoms with Crippen molar-refractivity contribution in [3.05, 3.63) is 0 Å². The van der Waals surface area contributed by atoms with Crippen LogP contribution >= 0.6 is 0 Å². The SMILES string of the molecule is N=C(N)NCC(N)=O. The third kappa shape index (κ3) is 4.74. The summed E-state index contributed by atoms with van der Waals surface area (Å²) in [6.07, 6.45) is 0. The molecule has 8 heavy (non-hydrogen) atoms. The number of primary amides is 1. The summed E-state index contributed by atoms with van der Waals surface area (Å²) >= 11 is 0. The first-order chi connectivity index (χ1) is 3.63. The number of guanidine groups is 1. The number of amides is 1. The summed E-state index contributed by atoms with van der Waals surface area (Å²) in [5.41, 5.74) is 9.49. The Bertz CT molecular complexity index is 95.9. The largest absolute Gasteiger partial charge is 0.370 e. The first kappa shape index (κ1) is 6.74. The van der Waals surface area contributed by atoms with Gasteiger partial charge in [-0.2, -0.15) is 0 Å². The van der Waals surface area contributed by atoms with E-state index in [9.17, 15) is 4.79 Å². The molecule has 0 aliphatic rings. The number of carbonyl (C=O) groups is 1. The monoisotopic (exact) mass is 116 g/mol. The van der Waals surface area contributed by atoms with Crippen LogP contribution in [0.1, 0.15) is 0 Å². The van der Waals surface area contributed by atoms with Gasteiger partial charge < -0.3 is 16.8 Å². The summed E-state index contributed by atoms with van der Waals surface area (Å²) in [4.78, 5) is 9.91. The van der Waals surface area contributed by atoms with Crippen LogP contribution in [-0.4, -0.2) is 18.4 Å². The molecule has 5 nitrogen and oxygen atoms in total. The van der Waals surface area contributed by atoms with Gasteiger partial charge in [0.15, 0.2) is 5.96 Å². The molecule has 0 saturated carbocycles. The van der Waals surface area contributed by atoms with Crippen LogP contribution in [-0.2, 0) is 4.79 Å². The lowest BCUT2D eigenvalue weighted by molar-refractivity contribution is -0.116. The highest BCUT2D eigenvalue weighted by molar-refractivity contribution is 5.82. The van der Waals surface area contributed by atoms with Crippen LogP contribution < -0.4 is 16.8 Å². The highest BCUT2D eigenvalue weighted by atomic mass is 16.1. The second-order valence-corrected chi connectivity index (χ2v) is 1.23. The van der Waals surface area contributed by atoms with Gasteiger partial charge in [-0.1, -0.05) is 0 Å². The van der Waals surface area contributed by atoms with Gasteiger partial charge in [-0.05, 0) is 0 Å². The second-order valence-electron chi connectivity index (χ2n) is 1.23. The highest BCUT2D eigenvalue weighted by Crippen LogP contribution is 1.51. The van der Waals surface area contributed by atoms with Crippen molar-refractivity contribution in [2.75, 3.05) is 6.54 Å². The van der Waals surface area contributed by atoms with E-state index in [0.717, 1.165) is 0 Å². The van der Waals surface area contributed by atoms with E-state index in [2.05, 4.69) is 11.1 Å². The Hall–Kier alpha value is -1.26. The van der Waals surface area contributed by atoms with E-state index in [1.54, 1.807) is 0 Å². The van der Waals surface area contributed by atoms with Crippen LogP contribution in [0.25, 0.3) is 0 Å². The van der Waals surface area contributed by atoms with Gasteiger partial charge in [0.1, 0.15) is 0 Å². The normalized spacial score (nSPS) is 8.00. The molecule has 46 valence electrons. The molecule has 0 radical (unpaired) electrons. The van der Waals surface area contributed by atoms with Crippen LogP contribution in [0.15, 0.2) is 0 Å². The van der Waals surface area contributed by atoms with Crippen molar-refractivity contribution >= 4 is 11.9 Å². The predicted octanol–water partition coefficient (Wildman–Crippen LogP) is -2.05. The molecule has 0 aromatic carbocycles. The van der Waals surface area contributed by atoms with E-state index in [-0.39, 0.29) is 12.5 Å². The maximum Gasteiger partial charge on any atom is 0.236 e. The minimum Gasteiger partial charge on any atom is -0.370 e. The van der Waals surface area contributed by atoms with Gasteiger partial charge in [-0.3, -0.25) is 10.2 Å². The third-order valence-corrected chi connectivity index (χ3v) is 0.453. The molecular formula is C3H8N4O. The first-order valence-electron chi connectivity index (χ1n) is 1.99. The van der Waals surface area contributed by atoms with E-state index in [4.69, 9.17) is 11.1 Å². The van der Waals surface area contributed by atoms with Crippen LogP contribution in [0.2, 0.25) is 0 Å². The van der Waals surface area contributed by atoms with Crippen molar-refractivity contribution in [1.29, 1.82) is 5.41 Å². The highest BCUT2D eigenvalue weighted by Gasteiger charge is 1.90. The standard InChI is InChI=1S/C3H8N4O/c4-2(8)1-7-3(5)6/h1H2,(H2,4,8)(H4,5,6,7). The van der Waals surface area contributed by atoms with E-state index in [1.165, 1.54) is 0 Å². The van der Waals surface area contributed by atoms with Crippen molar-refractivity contribution in [1.82, 2.24) is 5.32 Å². The molecule has 0 aliphatic heterocycles. The number of hydrogen-bond acceptors (Lipinski definition) is 2. The molecule has 5 heteroatoms.